The minimum Gasteiger partial charge on any atom is -0.484 e. The highest BCUT2D eigenvalue weighted by Gasteiger charge is 2.33. The summed E-state index contributed by atoms with van der Waals surface area (Å²) in [5.41, 5.74) is -1.81. The molecule has 9 heteroatoms. The maximum absolute atomic E-state index is 13.1. The molecule has 0 saturated heterocycles. The van der Waals surface area contributed by atoms with E-state index in [4.69, 9.17) is 13.6 Å². The van der Waals surface area contributed by atoms with Gasteiger partial charge in [-0.2, -0.15) is 13.2 Å². The smallest absolute Gasteiger partial charge is 0.417 e. The molecule has 31 heavy (non-hydrogen) atoms. The van der Waals surface area contributed by atoms with Gasteiger partial charge in [0.25, 0.3) is 5.91 Å². The number of nitrogens with one attached hydrogen (secondary N) is 1. The van der Waals surface area contributed by atoms with Crippen LogP contribution in [0.25, 0.3) is 21.9 Å². The molecule has 0 spiro atoms. The van der Waals surface area contributed by atoms with Crippen LogP contribution in [0, 0.1) is 0 Å². The summed E-state index contributed by atoms with van der Waals surface area (Å²) in [4.78, 5) is 23.7. The second-order valence-electron chi connectivity index (χ2n) is 6.90. The number of furan rings is 1. The van der Waals surface area contributed by atoms with E-state index < -0.39 is 29.3 Å². The number of halogens is 3. The van der Waals surface area contributed by atoms with Crippen LogP contribution in [0.5, 0.6) is 5.75 Å². The Morgan fingerprint density at radius 1 is 1.06 bits per heavy atom. The van der Waals surface area contributed by atoms with Crippen molar-refractivity contribution in [3.63, 3.8) is 0 Å². The number of hydrogen-bond acceptors (Lipinski definition) is 5. The van der Waals surface area contributed by atoms with Crippen molar-refractivity contribution in [3.8, 4) is 5.75 Å². The monoisotopic (exact) mass is 431 g/mol. The van der Waals surface area contributed by atoms with E-state index in [1.54, 1.807) is 6.92 Å². The quantitative estimate of drug-likeness (QED) is 0.459. The molecule has 0 radical (unpaired) electrons. The van der Waals surface area contributed by atoms with Crippen molar-refractivity contribution in [2.24, 2.45) is 0 Å². The van der Waals surface area contributed by atoms with E-state index in [-0.39, 0.29) is 23.3 Å². The normalized spacial score (nSPS) is 12.8. The highest BCUT2D eigenvalue weighted by molar-refractivity contribution is 5.83. The van der Waals surface area contributed by atoms with Crippen LogP contribution in [-0.2, 0) is 11.0 Å². The molecule has 1 N–H and O–H groups in total. The van der Waals surface area contributed by atoms with Crippen LogP contribution in [0.3, 0.4) is 0 Å². The molecule has 0 saturated carbocycles. The highest BCUT2D eigenvalue weighted by atomic mass is 19.4. The van der Waals surface area contributed by atoms with Crippen LogP contribution >= 0.6 is 0 Å². The molecule has 0 aliphatic heterocycles. The summed E-state index contributed by atoms with van der Waals surface area (Å²) < 4.78 is 55.2. The Balaban J connectivity index is 1.44. The maximum Gasteiger partial charge on any atom is 0.417 e. The Hall–Kier alpha value is -3.75. The molecule has 1 atom stereocenters. The van der Waals surface area contributed by atoms with Crippen molar-refractivity contribution >= 4 is 27.8 Å². The fourth-order valence-electron chi connectivity index (χ4n) is 3.19. The molecule has 6 nitrogen and oxygen atoms in total. The van der Waals surface area contributed by atoms with E-state index in [0.29, 0.717) is 17.4 Å². The summed E-state index contributed by atoms with van der Waals surface area (Å²) >= 11 is 0. The van der Waals surface area contributed by atoms with Gasteiger partial charge in [-0.1, -0.05) is 18.2 Å². The van der Waals surface area contributed by atoms with Crippen molar-refractivity contribution < 1.29 is 31.5 Å². The van der Waals surface area contributed by atoms with E-state index in [1.807, 2.05) is 30.3 Å². The molecule has 0 aliphatic rings. The molecule has 1 amide bonds. The molecule has 0 fully saturated rings. The van der Waals surface area contributed by atoms with E-state index in [1.165, 1.54) is 6.07 Å². The second-order valence-corrected chi connectivity index (χ2v) is 6.90. The number of amides is 1. The first-order chi connectivity index (χ1) is 14.7. The van der Waals surface area contributed by atoms with Gasteiger partial charge in [0.05, 0.1) is 11.6 Å². The molecule has 2 aromatic heterocycles. The standard InChI is InChI=1S/C22H16F3NO5/c1-12(18-8-13-4-2-3-5-17(13)30-18)26-20(27)11-29-14-6-7-15-16(22(23,24)25)10-21(28)31-19(15)9-14/h2-10,12H,11H2,1H3,(H,26,27)/t12-/m1/s1. The zero-order valence-corrected chi connectivity index (χ0v) is 16.2. The van der Waals surface area contributed by atoms with Gasteiger partial charge in [0.1, 0.15) is 22.7 Å². The van der Waals surface area contributed by atoms with E-state index in [0.717, 1.165) is 17.5 Å². The third kappa shape index (κ3) is 4.40. The Labute approximate surface area is 173 Å². The average Bonchev–Trinajstić information content (AvgIpc) is 3.15. The summed E-state index contributed by atoms with van der Waals surface area (Å²) in [5.74, 6) is 0.196. The zero-order valence-electron chi connectivity index (χ0n) is 16.2. The lowest BCUT2D eigenvalue weighted by Gasteiger charge is -2.13. The minimum atomic E-state index is -4.71. The van der Waals surface area contributed by atoms with Crippen molar-refractivity contribution in [3.05, 3.63) is 76.3 Å². The number of carbonyl (C=O) groups is 1. The SMILES string of the molecule is C[C@@H](NC(=O)COc1ccc2c(C(F)(F)F)cc(=O)oc2c1)c1cc2ccccc2o1. The van der Waals surface area contributed by atoms with Crippen molar-refractivity contribution in [1.29, 1.82) is 0 Å². The van der Waals surface area contributed by atoms with Crippen molar-refractivity contribution in [2.75, 3.05) is 6.61 Å². The minimum absolute atomic E-state index is 0.0847. The number of para-hydroxylation sites is 1. The van der Waals surface area contributed by atoms with Crippen LogP contribution < -0.4 is 15.7 Å². The number of rotatable bonds is 5. The number of hydrogen-bond donors (Lipinski definition) is 1. The number of benzene rings is 2. The van der Waals surface area contributed by atoms with Gasteiger partial charge in [-0.25, -0.2) is 4.79 Å². The van der Waals surface area contributed by atoms with Crippen molar-refractivity contribution in [1.82, 2.24) is 5.32 Å². The Morgan fingerprint density at radius 3 is 2.58 bits per heavy atom. The number of carbonyl (C=O) groups excluding carboxylic acids is 1. The largest absolute Gasteiger partial charge is 0.484 e. The lowest BCUT2D eigenvalue weighted by atomic mass is 10.1. The van der Waals surface area contributed by atoms with E-state index >= 15 is 0 Å². The van der Waals surface area contributed by atoms with Gasteiger partial charge < -0.3 is 18.9 Å². The molecule has 0 bridgehead atoms. The van der Waals surface area contributed by atoms with Gasteiger partial charge in [-0.3, -0.25) is 4.79 Å². The third-order valence-corrected chi connectivity index (χ3v) is 4.64. The molecule has 160 valence electrons. The predicted octanol–water partition coefficient (Wildman–Crippen LogP) is 4.81. The van der Waals surface area contributed by atoms with Crippen LogP contribution in [0.4, 0.5) is 13.2 Å². The van der Waals surface area contributed by atoms with Gasteiger partial charge in [-0.05, 0) is 31.2 Å². The average molecular weight is 431 g/mol. The summed E-state index contributed by atoms with van der Waals surface area (Å²) in [6.07, 6.45) is -4.71. The summed E-state index contributed by atoms with van der Waals surface area (Å²) in [7, 11) is 0. The Kier molecular flexibility index (Phi) is 5.18. The summed E-state index contributed by atoms with van der Waals surface area (Å²) in [5, 5.41) is 3.36. The molecule has 0 aliphatic carbocycles. The van der Waals surface area contributed by atoms with Crippen LogP contribution in [0.15, 0.2) is 68.2 Å². The lowest BCUT2D eigenvalue weighted by Crippen LogP contribution is -2.31. The predicted molar refractivity (Wildman–Crippen MR) is 106 cm³/mol. The highest BCUT2D eigenvalue weighted by Crippen LogP contribution is 2.34. The third-order valence-electron chi connectivity index (χ3n) is 4.64. The van der Waals surface area contributed by atoms with Gasteiger partial charge >= 0.3 is 11.8 Å². The molecular weight excluding hydrogens is 415 g/mol. The van der Waals surface area contributed by atoms with Gasteiger partial charge in [0.15, 0.2) is 6.61 Å². The van der Waals surface area contributed by atoms with E-state index in [9.17, 15) is 22.8 Å². The fourth-order valence-corrected chi connectivity index (χ4v) is 3.19. The van der Waals surface area contributed by atoms with Gasteiger partial charge in [0, 0.05) is 22.9 Å². The number of fused-ring (bicyclic) bond motifs is 2. The first kappa shape index (κ1) is 20.5. The Bertz CT molecular complexity index is 1290. The molecule has 0 unspecified atom stereocenters. The molecule has 4 rings (SSSR count). The first-order valence-electron chi connectivity index (χ1n) is 9.26. The van der Waals surface area contributed by atoms with Gasteiger partial charge in [-0.15, -0.1) is 0 Å². The molecule has 4 aromatic rings. The van der Waals surface area contributed by atoms with Crippen LogP contribution in [0.1, 0.15) is 24.3 Å². The van der Waals surface area contributed by atoms with Crippen molar-refractivity contribution in [2.45, 2.75) is 19.1 Å². The maximum atomic E-state index is 13.1. The molecule has 2 heterocycles. The second kappa shape index (κ2) is 7.82. The summed E-state index contributed by atoms with van der Waals surface area (Å²) in [6, 6.07) is 12.8. The topological polar surface area (TPSA) is 81.7 Å². The number of ether oxygens (including phenoxy) is 1. The zero-order chi connectivity index (χ0) is 22.2. The van der Waals surface area contributed by atoms with Gasteiger partial charge in [0.2, 0.25) is 0 Å². The summed E-state index contributed by atoms with van der Waals surface area (Å²) in [6.45, 7) is 1.36. The fraction of sp³-hybridized carbons (Fsp3) is 0.182. The first-order valence-corrected chi connectivity index (χ1v) is 9.26. The molecule has 2 aromatic carbocycles. The van der Waals surface area contributed by atoms with Crippen LogP contribution in [-0.4, -0.2) is 12.5 Å². The molecular formula is C22H16F3NO5. The Morgan fingerprint density at radius 2 is 1.84 bits per heavy atom. The van der Waals surface area contributed by atoms with Crippen LogP contribution in [0.2, 0.25) is 0 Å². The van der Waals surface area contributed by atoms with E-state index in [2.05, 4.69) is 5.32 Å². The number of alkyl halides is 3. The lowest BCUT2D eigenvalue weighted by molar-refractivity contribution is -0.136.